The lowest BCUT2D eigenvalue weighted by Gasteiger charge is -2.31. The van der Waals surface area contributed by atoms with Gasteiger partial charge in [-0.1, -0.05) is 11.6 Å². The number of ether oxygens (including phenoxy) is 2. The van der Waals surface area contributed by atoms with Crippen LogP contribution in [0.4, 0.5) is 5.69 Å². The van der Waals surface area contributed by atoms with Crippen LogP contribution in [-0.2, 0) is 9.47 Å². The molecular formula is C16H23N3O3. The minimum atomic E-state index is -0.265. The maximum Gasteiger partial charge on any atom is 0.270 e. The summed E-state index contributed by atoms with van der Waals surface area (Å²) in [5, 5.41) is 2.92. The average molecular weight is 305 g/mol. The second-order valence-electron chi connectivity index (χ2n) is 5.57. The van der Waals surface area contributed by atoms with Crippen LogP contribution in [0, 0.1) is 0 Å². The number of nitrogens with one attached hydrogen (secondary N) is 1. The van der Waals surface area contributed by atoms with Crippen LogP contribution in [0.5, 0.6) is 0 Å². The van der Waals surface area contributed by atoms with E-state index in [0.717, 1.165) is 6.42 Å². The van der Waals surface area contributed by atoms with Crippen LogP contribution >= 0.6 is 0 Å². The lowest BCUT2D eigenvalue weighted by atomic mass is 10.1. The van der Waals surface area contributed by atoms with E-state index in [-0.39, 0.29) is 18.1 Å². The van der Waals surface area contributed by atoms with Crippen molar-refractivity contribution >= 4 is 11.6 Å². The van der Waals surface area contributed by atoms with E-state index in [1.54, 1.807) is 12.1 Å². The van der Waals surface area contributed by atoms with Crippen molar-refractivity contribution in [2.45, 2.75) is 32.4 Å². The number of nitrogens with two attached hydrogens (primary N) is 1. The highest BCUT2D eigenvalue weighted by atomic mass is 16.5. The van der Waals surface area contributed by atoms with E-state index in [4.69, 9.17) is 15.2 Å². The molecule has 2 heterocycles. The fraction of sp³-hybridized carbons (Fsp3) is 0.500. The number of pyridine rings is 1. The Hall–Kier alpha value is -1.92. The van der Waals surface area contributed by atoms with Gasteiger partial charge in [0.2, 0.25) is 0 Å². The summed E-state index contributed by atoms with van der Waals surface area (Å²) >= 11 is 0. The zero-order valence-corrected chi connectivity index (χ0v) is 13.0. The van der Waals surface area contributed by atoms with Crippen LogP contribution in [-0.4, -0.2) is 42.9 Å². The van der Waals surface area contributed by atoms with Gasteiger partial charge in [-0.3, -0.25) is 9.78 Å². The monoisotopic (exact) mass is 305 g/mol. The number of carbonyl (C=O) groups is 1. The maximum absolute atomic E-state index is 12.2. The molecule has 0 aliphatic carbocycles. The third-order valence-corrected chi connectivity index (χ3v) is 3.43. The van der Waals surface area contributed by atoms with Gasteiger partial charge in [0.1, 0.15) is 5.69 Å². The van der Waals surface area contributed by atoms with E-state index in [1.165, 1.54) is 11.8 Å². The zero-order valence-electron chi connectivity index (χ0n) is 13.0. The summed E-state index contributed by atoms with van der Waals surface area (Å²) < 4.78 is 11.3. The Morgan fingerprint density at radius 2 is 2.41 bits per heavy atom. The molecule has 0 radical (unpaired) electrons. The first-order chi connectivity index (χ1) is 10.6. The highest BCUT2D eigenvalue weighted by molar-refractivity contribution is 5.93. The van der Waals surface area contributed by atoms with Crippen LogP contribution in [0.15, 0.2) is 30.0 Å². The maximum atomic E-state index is 12.2. The van der Waals surface area contributed by atoms with Crippen molar-refractivity contribution in [2.75, 3.05) is 25.6 Å². The van der Waals surface area contributed by atoms with Gasteiger partial charge >= 0.3 is 0 Å². The highest BCUT2D eigenvalue weighted by Gasteiger charge is 2.28. The second kappa shape index (κ2) is 7.91. The Morgan fingerprint density at radius 3 is 3.14 bits per heavy atom. The molecule has 1 aromatic rings. The van der Waals surface area contributed by atoms with E-state index < -0.39 is 0 Å². The Morgan fingerprint density at radius 1 is 1.59 bits per heavy atom. The second-order valence-corrected chi connectivity index (χ2v) is 5.57. The van der Waals surface area contributed by atoms with Gasteiger partial charge < -0.3 is 20.5 Å². The van der Waals surface area contributed by atoms with Crippen molar-refractivity contribution in [3.05, 3.63) is 35.7 Å². The zero-order chi connectivity index (χ0) is 15.9. The summed E-state index contributed by atoms with van der Waals surface area (Å²) in [6, 6.07) is 3.01. The molecule has 3 N–H and O–H groups in total. The molecule has 0 unspecified atom stereocenters. The molecule has 0 bridgehead atoms. The molecule has 1 aliphatic rings. The number of carbonyl (C=O) groups excluding carboxylic acids is 1. The van der Waals surface area contributed by atoms with Crippen molar-refractivity contribution < 1.29 is 14.3 Å². The molecule has 0 saturated carbocycles. The fourth-order valence-corrected chi connectivity index (χ4v) is 2.20. The number of rotatable bonds is 5. The molecular weight excluding hydrogens is 282 g/mol. The molecule has 6 nitrogen and oxygen atoms in total. The summed E-state index contributed by atoms with van der Waals surface area (Å²) in [6.45, 7) is 5.67. The molecule has 1 aromatic heterocycles. The van der Waals surface area contributed by atoms with E-state index in [0.29, 0.717) is 31.2 Å². The van der Waals surface area contributed by atoms with Gasteiger partial charge in [-0.25, -0.2) is 0 Å². The highest BCUT2D eigenvalue weighted by Crippen LogP contribution is 2.13. The molecule has 0 aromatic carbocycles. The van der Waals surface area contributed by atoms with Crippen LogP contribution in [0.2, 0.25) is 0 Å². The average Bonchev–Trinajstić information content (AvgIpc) is 2.48. The SMILES string of the molecule is CC(C)=CCO[C@@H]1CCOC[C@@H]1NC(=O)c1cc(N)ccn1. The van der Waals surface area contributed by atoms with Gasteiger partial charge in [0.25, 0.3) is 5.91 Å². The van der Waals surface area contributed by atoms with Gasteiger partial charge in [0.15, 0.2) is 0 Å². The lowest BCUT2D eigenvalue weighted by molar-refractivity contribution is -0.0457. The minimum Gasteiger partial charge on any atom is -0.399 e. The minimum absolute atomic E-state index is 0.0608. The van der Waals surface area contributed by atoms with Crippen molar-refractivity contribution in [1.82, 2.24) is 10.3 Å². The lowest BCUT2D eigenvalue weighted by Crippen LogP contribution is -2.50. The molecule has 0 spiro atoms. The first-order valence-corrected chi connectivity index (χ1v) is 7.41. The summed E-state index contributed by atoms with van der Waals surface area (Å²) in [7, 11) is 0. The summed E-state index contributed by atoms with van der Waals surface area (Å²) in [4.78, 5) is 16.3. The number of nitrogens with zero attached hydrogens (tertiary/aromatic N) is 1. The number of anilines is 1. The van der Waals surface area contributed by atoms with Gasteiger partial charge in [-0.2, -0.15) is 0 Å². The Balaban J connectivity index is 1.96. The number of nitrogen functional groups attached to an aromatic ring is 1. The molecule has 1 aliphatic heterocycles. The Kier molecular flexibility index (Phi) is 5.91. The van der Waals surface area contributed by atoms with E-state index in [9.17, 15) is 4.79 Å². The molecule has 6 heteroatoms. The van der Waals surface area contributed by atoms with Crippen LogP contribution in [0.1, 0.15) is 30.8 Å². The number of amides is 1. The summed E-state index contributed by atoms with van der Waals surface area (Å²) in [6.07, 6.45) is 4.23. The molecule has 2 rings (SSSR count). The quantitative estimate of drug-likeness (QED) is 0.806. The van der Waals surface area contributed by atoms with Crippen molar-refractivity contribution in [3.8, 4) is 0 Å². The largest absolute Gasteiger partial charge is 0.399 e. The molecule has 1 amide bonds. The number of allylic oxidation sites excluding steroid dienone is 1. The topological polar surface area (TPSA) is 86.5 Å². The third-order valence-electron chi connectivity index (χ3n) is 3.43. The standard InChI is InChI=1S/C16H23N3O3/c1-11(2)4-8-22-15-5-7-21-10-14(15)19-16(20)13-9-12(17)3-6-18-13/h3-4,6,9,14-15H,5,7-8,10H2,1-2H3,(H2,17,18)(H,19,20)/t14-,15+/m0/s1. The first-order valence-electron chi connectivity index (χ1n) is 7.41. The predicted molar refractivity (Wildman–Crippen MR) is 84.5 cm³/mol. The van der Waals surface area contributed by atoms with Crippen molar-refractivity contribution in [1.29, 1.82) is 0 Å². The van der Waals surface area contributed by atoms with Gasteiger partial charge in [0, 0.05) is 18.5 Å². The number of hydrogen-bond acceptors (Lipinski definition) is 5. The van der Waals surface area contributed by atoms with Gasteiger partial charge in [-0.05, 0) is 32.4 Å². The van der Waals surface area contributed by atoms with E-state index in [1.807, 2.05) is 19.9 Å². The Labute approximate surface area is 130 Å². The van der Waals surface area contributed by atoms with Crippen LogP contribution in [0.25, 0.3) is 0 Å². The van der Waals surface area contributed by atoms with E-state index in [2.05, 4.69) is 10.3 Å². The number of aromatic nitrogens is 1. The molecule has 22 heavy (non-hydrogen) atoms. The normalized spacial score (nSPS) is 21.2. The molecule has 1 fully saturated rings. The fourth-order valence-electron chi connectivity index (χ4n) is 2.20. The van der Waals surface area contributed by atoms with Gasteiger partial charge in [-0.15, -0.1) is 0 Å². The molecule has 2 atom stereocenters. The summed E-state index contributed by atoms with van der Waals surface area (Å²) in [5.74, 6) is -0.265. The predicted octanol–water partition coefficient (Wildman–Crippen LogP) is 1.53. The smallest absolute Gasteiger partial charge is 0.270 e. The Bertz CT molecular complexity index is 541. The van der Waals surface area contributed by atoms with Crippen LogP contribution < -0.4 is 11.1 Å². The first kappa shape index (κ1) is 16.5. The molecule has 120 valence electrons. The van der Waals surface area contributed by atoms with Crippen molar-refractivity contribution in [3.63, 3.8) is 0 Å². The van der Waals surface area contributed by atoms with Gasteiger partial charge in [0.05, 0.1) is 25.4 Å². The third kappa shape index (κ3) is 4.82. The number of hydrogen-bond donors (Lipinski definition) is 2. The van der Waals surface area contributed by atoms with Crippen molar-refractivity contribution in [2.24, 2.45) is 0 Å². The summed E-state index contributed by atoms with van der Waals surface area (Å²) in [5.41, 5.74) is 7.69. The van der Waals surface area contributed by atoms with E-state index >= 15 is 0 Å². The van der Waals surface area contributed by atoms with Crippen LogP contribution in [0.3, 0.4) is 0 Å². The molecule has 1 saturated heterocycles.